The number of hydrogen-bond donors (Lipinski definition) is 1. The molecule has 0 aliphatic carbocycles. The van der Waals surface area contributed by atoms with Gasteiger partial charge in [-0.3, -0.25) is 0 Å². The van der Waals surface area contributed by atoms with Crippen molar-refractivity contribution in [2.24, 2.45) is 0 Å². The van der Waals surface area contributed by atoms with Crippen LogP contribution in [0.1, 0.15) is 20.8 Å². The minimum Gasteiger partial charge on any atom is -0.485 e. The van der Waals surface area contributed by atoms with Gasteiger partial charge in [-0.1, -0.05) is 6.58 Å². The predicted octanol–water partition coefficient (Wildman–Crippen LogP) is 2.72. The Hall–Kier alpha value is -1.35. The molecule has 2 nitrogen and oxygen atoms in total. The number of ether oxygens (including phenoxy) is 1. The van der Waals surface area contributed by atoms with E-state index in [1.54, 1.807) is 20.8 Å². The van der Waals surface area contributed by atoms with Gasteiger partial charge >= 0.3 is 0 Å². The van der Waals surface area contributed by atoms with E-state index in [9.17, 15) is 9.50 Å². The topological polar surface area (TPSA) is 29.5 Å². The lowest BCUT2D eigenvalue weighted by Crippen LogP contribution is -2.50. The molecule has 0 fully saturated rings. The molecule has 0 bridgehead atoms. The van der Waals surface area contributed by atoms with Crippen molar-refractivity contribution in [3.8, 4) is 5.75 Å². The largest absolute Gasteiger partial charge is 0.485 e. The number of halogens is 1. The summed E-state index contributed by atoms with van der Waals surface area (Å²) in [5.74, 6) is 0.149. The molecule has 0 aliphatic rings. The van der Waals surface area contributed by atoms with Gasteiger partial charge in [0.15, 0.2) is 0 Å². The molecular weight excluding hydrogens is 207 g/mol. The van der Waals surface area contributed by atoms with E-state index in [-0.39, 0.29) is 5.82 Å². The van der Waals surface area contributed by atoms with Crippen LogP contribution in [0.5, 0.6) is 5.75 Å². The molecule has 1 atom stereocenters. The van der Waals surface area contributed by atoms with Gasteiger partial charge in [-0.2, -0.15) is 0 Å². The van der Waals surface area contributed by atoms with E-state index in [4.69, 9.17) is 11.3 Å². The zero-order chi connectivity index (χ0) is 12.4. The molecule has 1 unspecified atom stereocenters. The number of benzene rings is 1. The highest BCUT2D eigenvalue weighted by Crippen LogP contribution is 2.28. The van der Waals surface area contributed by atoms with Gasteiger partial charge in [0.05, 0.1) is 0 Å². The first kappa shape index (κ1) is 12.7. The molecule has 1 N–H and O–H groups in total. The van der Waals surface area contributed by atoms with E-state index < -0.39 is 11.2 Å². The van der Waals surface area contributed by atoms with Crippen LogP contribution >= 0.6 is 0 Å². The van der Waals surface area contributed by atoms with Gasteiger partial charge in [-0.15, -0.1) is 0 Å². The third-order valence-corrected chi connectivity index (χ3v) is 2.73. The fourth-order valence-corrected chi connectivity index (χ4v) is 1.10. The summed E-state index contributed by atoms with van der Waals surface area (Å²) in [7, 11) is 0. The van der Waals surface area contributed by atoms with Gasteiger partial charge in [0.2, 0.25) is 0 Å². The molecule has 87 valence electrons. The van der Waals surface area contributed by atoms with Crippen molar-refractivity contribution in [2.75, 3.05) is 0 Å². The van der Waals surface area contributed by atoms with Crippen LogP contribution in [0.3, 0.4) is 0 Å². The molecule has 1 aromatic rings. The van der Waals surface area contributed by atoms with E-state index in [1.165, 1.54) is 30.3 Å². The summed E-state index contributed by atoms with van der Waals surface area (Å²) in [4.78, 5) is 0. The van der Waals surface area contributed by atoms with Crippen LogP contribution in [0.25, 0.3) is 0 Å². The summed E-state index contributed by atoms with van der Waals surface area (Å²) >= 11 is 0. The quantitative estimate of drug-likeness (QED) is 0.850. The SMILES string of the molecule is [CH]=CC(C)(O)C(C)(C)Oc1ccc(F)cc1. The van der Waals surface area contributed by atoms with Crippen molar-refractivity contribution in [3.05, 3.63) is 42.7 Å². The maximum atomic E-state index is 12.7. The first-order valence-corrected chi connectivity index (χ1v) is 5.01. The van der Waals surface area contributed by atoms with Crippen LogP contribution in [-0.2, 0) is 0 Å². The molecule has 1 aromatic carbocycles. The highest BCUT2D eigenvalue weighted by atomic mass is 19.1. The zero-order valence-electron chi connectivity index (χ0n) is 9.70. The first-order chi connectivity index (χ1) is 7.28. The van der Waals surface area contributed by atoms with E-state index in [1.807, 2.05) is 0 Å². The standard InChI is InChI=1S/C13H16FO2/c1-5-13(4,15)12(2,3)16-11-8-6-10(14)7-9-11/h1,5-9,15H,2-4H3. The molecule has 3 heteroatoms. The van der Waals surface area contributed by atoms with Crippen LogP contribution in [0, 0.1) is 12.4 Å². The average Bonchev–Trinajstić information content (AvgIpc) is 2.21. The molecule has 0 saturated carbocycles. The van der Waals surface area contributed by atoms with Crippen LogP contribution < -0.4 is 4.74 Å². The molecule has 0 spiro atoms. The Morgan fingerprint density at radius 2 is 1.75 bits per heavy atom. The van der Waals surface area contributed by atoms with Crippen molar-refractivity contribution >= 4 is 0 Å². The lowest BCUT2D eigenvalue weighted by atomic mass is 9.87. The normalized spacial score (nSPS) is 15.3. The minimum atomic E-state index is -1.28. The second kappa shape index (κ2) is 4.26. The number of hydrogen-bond acceptors (Lipinski definition) is 2. The maximum Gasteiger partial charge on any atom is 0.135 e. The summed E-state index contributed by atoms with van der Waals surface area (Å²) in [5.41, 5.74) is -2.18. The van der Waals surface area contributed by atoms with Crippen LogP contribution in [0.4, 0.5) is 4.39 Å². The second-order valence-corrected chi connectivity index (χ2v) is 4.38. The Bertz CT molecular complexity index is 366. The Labute approximate surface area is 95.4 Å². The fourth-order valence-electron chi connectivity index (χ4n) is 1.10. The van der Waals surface area contributed by atoms with Crippen molar-refractivity contribution in [1.82, 2.24) is 0 Å². The highest BCUT2D eigenvalue weighted by molar-refractivity contribution is 5.24. The van der Waals surface area contributed by atoms with E-state index in [0.29, 0.717) is 5.75 Å². The van der Waals surface area contributed by atoms with Crippen LogP contribution in [0.2, 0.25) is 0 Å². The Morgan fingerprint density at radius 1 is 1.25 bits per heavy atom. The summed E-state index contributed by atoms with van der Waals surface area (Å²) in [6.45, 7) is 10.3. The number of aliphatic hydroxyl groups is 1. The Balaban J connectivity index is 2.88. The first-order valence-electron chi connectivity index (χ1n) is 5.01. The summed E-state index contributed by atoms with van der Waals surface area (Å²) in [6.07, 6.45) is 1.18. The molecule has 1 rings (SSSR count). The Morgan fingerprint density at radius 3 is 2.19 bits per heavy atom. The van der Waals surface area contributed by atoms with Crippen molar-refractivity contribution in [3.63, 3.8) is 0 Å². The molecule has 0 aromatic heterocycles. The molecule has 0 aliphatic heterocycles. The van der Waals surface area contributed by atoms with Gasteiger partial charge in [0, 0.05) is 0 Å². The lowest BCUT2D eigenvalue weighted by molar-refractivity contribution is -0.0707. The zero-order valence-corrected chi connectivity index (χ0v) is 9.70. The molecule has 1 radical (unpaired) electrons. The smallest absolute Gasteiger partial charge is 0.135 e. The monoisotopic (exact) mass is 223 g/mol. The average molecular weight is 223 g/mol. The van der Waals surface area contributed by atoms with Gasteiger partial charge in [-0.05, 0) is 51.1 Å². The summed E-state index contributed by atoms with van der Waals surface area (Å²) < 4.78 is 18.3. The van der Waals surface area contributed by atoms with Crippen LogP contribution in [0.15, 0.2) is 30.3 Å². The fraction of sp³-hybridized carbons (Fsp3) is 0.385. The van der Waals surface area contributed by atoms with Gasteiger partial charge in [-0.25, -0.2) is 4.39 Å². The van der Waals surface area contributed by atoms with E-state index in [0.717, 1.165) is 0 Å². The summed E-state index contributed by atoms with van der Waals surface area (Å²) in [6, 6.07) is 5.60. The van der Waals surface area contributed by atoms with Crippen molar-refractivity contribution in [1.29, 1.82) is 0 Å². The van der Waals surface area contributed by atoms with Gasteiger partial charge < -0.3 is 9.84 Å². The maximum absolute atomic E-state index is 12.7. The van der Waals surface area contributed by atoms with E-state index >= 15 is 0 Å². The lowest BCUT2D eigenvalue weighted by Gasteiger charge is -2.37. The minimum absolute atomic E-state index is 0.331. The predicted molar refractivity (Wildman–Crippen MR) is 60.6 cm³/mol. The number of rotatable bonds is 4. The Kier molecular flexibility index (Phi) is 3.38. The molecule has 16 heavy (non-hydrogen) atoms. The van der Waals surface area contributed by atoms with E-state index in [2.05, 4.69) is 0 Å². The third kappa shape index (κ3) is 2.61. The molecular formula is C13H16FO2. The van der Waals surface area contributed by atoms with Crippen LogP contribution in [-0.4, -0.2) is 16.3 Å². The summed E-state index contributed by atoms with van der Waals surface area (Å²) in [5, 5.41) is 9.99. The van der Waals surface area contributed by atoms with Gasteiger partial charge in [0.25, 0.3) is 0 Å². The third-order valence-electron chi connectivity index (χ3n) is 2.73. The van der Waals surface area contributed by atoms with Gasteiger partial charge in [0.1, 0.15) is 22.8 Å². The molecule has 0 saturated heterocycles. The van der Waals surface area contributed by atoms with Crippen molar-refractivity contribution in [2.45, 2.75) is 32.0 Å². The second-order valence-electron chi connectivity index (χ2n) is 4.38. The molecule has 0 amide bonds. The highest BCUT2D eigenvalue weighted by Gasteiger charge is 2.39. The molecule has 0 heterocycles. The van der Waals surface area contributed by atoms with Crippen molar-refractivity contribution < 1.29 is 14.2 Å².